The summed E-state index contributed by atoms with van der Waals surface area (Å²) in [5, 5.41) is 12.3. The Morgan fingerprint density at radius 3 is 2.19 bits per heavy atom. The Kier molecular flexibility index (Phi) is 11.9. The first kappa shape index (κ1) is 29.8. The molecule has 0 saturated heterocycles. The average molecular weight is 537 g/mol. The van der Waals surface area contributed by atoms with Gasteiger partial charge in [-0.2, -0.15) is 0 Å². The number of carbonyl (C=O) groups is 2. The predicted molar refractivity (Wildman–Crippen MR) is 146 cm³/mol. The molecule has 2 N–H and O–H groups in total. The van der Waals surface area contributed by atoms with Gasteiger partial charge < -0.3 is 15.3 Å². The monoisotopic (exact) mass is 536 g/mol. The van der Waals surface area contributed by atoms with E-state index in [-0.39, 0.29) is 51.6 Å². The number of nitrogens with zero attached hydrogens (tertiary/aromatic N) is 3. The maximum atomic E-state index is 12.5. The van der Waals surface area contributed by atoms with E-state index < -0.39 is 17.9 Å². The summed E-state index contributed by atoms with van der Waals surface area (Å²) < 4.78 is 0. The van der Waals surface area contributed by atoms with Crippen LogP contribution in [-0.2, 0) is 4.79 Å². The Morgan fingerprint density at radius 2 is 1.64 bits per heavy atom. The van der Waals surface area contributed by atoms with Gasteiger partial charge in [-0.05, 0) is 48.2 Å². The molecular formula is C26H27Cl2N4NaO3. The SMILES string of the molecule is CC(C)CN(c1ccc(C=CCC(NC(=O)c2c(Cl)cccc2Cl)C(=O)O)cc1)c1ncccn1.[NaH]. The molecular weight excluding hydrogens is 510 g/mol. The zero-order chi connectivity index (χ0) is 25.4. The molecule has 2 aromatic carbocycles. The molecule has 7 nitrogen and oxygen atoms in total. The first-order valence-corrected chi connectivity index (χ1v) is 11.8. The number of carboxylic acids is 1. The third-order valence-corrected chi connectivity index (χ3v) is 5.65. The summed E-state index contributed by atoms with van der Waals surface area (Å²) in [5.74, 6) is -0.766. The Morgan fingerprint density at radius 1 is 1.03 bits per heavy atom. The Hall–Kier alpha value is -2.42. The second-order valence-electron chi connectivity index (χ2n) is 8.24. The van der Waals surface area contributed by atoms with Crippen LogP contribution in [0.25, 0.3) is 6.08 Å². The molecule has 1 aromatic heterocycles. The van der Waals surface area contributed by atoms with E-state index in [1.54, 1.807) is 36.7 Å². The van der Waals surface area contributed by atoms with E-state index in [1.807, 2.05) is 29.2 Å². The van der Waals surface area contributed by atoms with Crippen LogP contribution in [-0.4, -0.2) is 69.1 Å². The minimum atomic E-state index is -1.16. The van der Waals surface area contributed by atoms with Crippen LogP contribution in [0.3, 0.4) is 0 Å². The molecule has 0 aliphatic rings. The van der Waals surface area contributed by atoms with Gasteiger partial charge >= 0.3 is 35.5 Å². The number of aromatic nitrogens is 2. The Balaban J connectivity index is 0.00000456. The van der Waals surface area contributed by atoms with E-state index in [0.717, 1.165) is 17.8 Å². The quantitative estimate of drug-likeness (QED) is 0.345. The number of carboxylic acid groups (broad SMARTS) is 1. The maximum absolute atomic E-state index is 12.5. The summed E-state index contributed by atoms with van der Waals surface area (Å²) in [6, 6.07) is 13.1. The molecule has 184 valence electrons. The Bertz CT molecular complexity index is 1170. The van der Waals surface area contributed by atoms with Crippen LogP contribution in [0.15, 0.2) is 67.0 Å². The first-order valence-electron chi connectivity index (χ1n) is 11.0. The van der Waals surface area contributed by atoms with E-state index in [1.165, 1.54) is 12.1 Å². The molecule has 1 heterocycles. The molecule has 1 unspecified atom stereocenters. The van der Waals surface area contributed by atoms with Crippen molar-refractivity contribution in [3.63, 3.8) is 0 Å². The number of amides is 1. The van der Waals surface area contributed by atoms with Crippen molar-refractivity contribution >= 4 is 82.3 Å². The van der Waals surface area contributed by atoms with Crippen LogP contribution in [0.5, 0.6) is 0 Å². The van der Waals surface area contributed by atoms with Crippen LogP contribution < -0.4 is 10.2 Å². The predicted octanol–water partition coefficient (Wildman–Crippen LogP) is 5.22. The molecule has 1 atom stereocenters. The fourth-order valence-electron chi connectivity index (χ4n) is 3.37. The molecule has 36 heavy (non-hydrogen) atoms. The number of rotatable bonds is 10. The number of halogens is 2. The average Bonchev–Trinajstić information content (AvgIpc) is 2.82. The number of nitrogens with one attached hydrogen (secondary N) is 1. The van der Waals surface area contributed by atoms with Crippen molar-refractivity contribution in [2.75, 3.05) is 11.4 Å². The van der Waals surface area contributed by atoms with Crippen molar-refractivity contribution in [3.05, 3.63) is 88.2 Å². The summed E-state index contributed by atoms with van der Waals surface area (Å²) in [7, 11) is 0. The van der Waals surface area contributed by atoms with Gasteiger partial charge in [0.25, 0.3) is 5.91 Å². The topological polar surface area (TPSA) is 95.4 Å². The van der Waals surface area contributed by atoms with Gasteiger partial charge in [-0.25, -0.2) is 14.8 Å². The molecule has 0 fully saturated rings. The number of carbonyl (C=O) groups excluding carboxylic acids is 1. The van der Waals surface area contributed by atoms with Crippen molar-refractivity contribution in [3.8, 4) is 0 Å². The summed E-state index contributed by atoms with van der Waals surface area (Å²) in [6.45, 7) is 5.02. The number of hydrogen-bond acceptors (Lipinski definition) is 5. The second kappa shape index (κ2) is 14.4. The number of benzene rings is 2. The minimum absolute atomic E-state index is 0. The first-order chi connectivity index (χ1) is 16.8. The fourth-order valence-corrected chi connectivity index (χ4v) is 3.94. The van der Waals surface area contributed by atoms with Gasteiger partial charge in [-0.3, -0.25) is 4.79 Å². The second-order valence-corrected chi connectivity index (χ2v) is 9.06. The third kappa shape index (κ3) is 8.32. The molecule has 0 bridgehead atoms. The molecule has 3 aromatic rings. The van der Waals surface area contributed by atoms with E-state index in [4.69, 9.17) is 23.2 Å². The molecule has 0 saturated carbocycles. The summed E-state index contributed by atoms with van der Waals surface area (Å²) >= 11 is 12.1. The molecule has 1 amide bonds. The standard InChI is InChI=1S/C26H26Cl2N4O3.Na.H/c1-17(2)16-32(26-29-14-5-15-30-26)19-12-10-18(11-13-19)6-3-9-22(25(34)35)31-24(33)23-20(27)7-4-8-21(23)28;;/h3-8,10-15,17,22H,9,16H2,1-2H3,(H,31,33)(H,34,35);;. The molecule has 0 aliphatic carbocycles. The zero-order valence-corrected chi connectivity index (χ0v) is 20.9. The van der Waals surface area contributed by atoms with Gasteiger partial charge in [0.05, 0.1) is 15.6 Å². The summed E-state index contributed by atoms with van der Waals surface area (Å²) in [5.41, 5.74) is 1.89. The van der Waals surface area contributed by atoms with Gasteiger partial charge in [-0.15, -0.1) is 0 Å². The number of hydrogen-bond donors (Lipinski definition) is 2. The van der Waals surface area contributed by atoms with Crippen molar-refractivity contribution in [1.29, 1.82) is 0 Å². The van der Waals surface area contributed by atoms with E-state index in [0.29, 0.717) is 11.9 Å². The molecule has 10 heteroatoms. The van der Waals surface area contributed by atoms with Crippen LogP contribution in [0.2, 0.25) is 10.0 Å². The van der Waals surface area contributed by atoms with Gasteiger partial charge in [-0.1, -0.05) is 67.4 Å². The van der Waals surface area contributed by atoms with Crippen molar-refractivity contribution in [2.24, 2.45) is 5.92 Å². The molecule has 0 radical (unpaired) electrons. The fraction of sp³-hybridized carbons (Fsp3) is 0.231. The van der Waals surface area contributed by atoms with E-state index >= 15 is 0 Å². The van der Waals surface area contributed by atoms with Crippen molar-refractivity contribution in [2.45, 2.75) is 26.3 Å². The number of anilines is 2. The van der Waals surface area contributed by atoms with Crippen LogP contribution >= 0.6 is 23.2 Å². The van der Waals surface area contributed by atoms with Crippen LogP contribution in [0.1, 0.15) is 36.2 Å². The van der Waals surface area contributed by atoms with Gasteiger partial charge in [0, 0.05) is 24.6 Å². The third-order valence-electron chi connectivity index (χ3n) is 5.02. The normalized spacial score (nSPS) is 11.7. The summed E-state index contributed by atoms with van der Waals surface area (Å²) in [6.07, 6.45) is 7.02. The molecule has 3 rings (SSSR count). The van der Waals surface area contributed by atoms with E-state index in [2.05, 4.69) is 29.1 Å². The molecule has 0 spiro atoms. The Labute approximate surface area is 242 Å². The zero-order valence-electron chi connectivity index (χ0n) is 19.4. The van der Waals surface area contributed by atoms with Gasteiger partial charge in [0.15, 0.2) is 0 Å². The van der Waals surface area contributed by atoms with Crippen molar-refractivity contribution < 1.29 is 14.7 Å². The number of aliphatic carboxylic acids is 1. The van der Waals surface area contributed by atoms with E-state index in [9.17, 15) is 14.7 Å². The summed E-state index contributed by atoms with van der Waals surface area (Å²) in [4.78, 5) is 35.0. The van der Waals surface area contributed by atoms with Gasteiger partial charge in [0.2, 0.25) is 5.95 Å². The molecule has 0 aliphatic heterocycles. The van der Waals surface area contributed by atoms with Crippen LogP contribution in [0.4, 0.5) is 11.6 Å². The van der Waals surface area contributed by atoms with Crippen LogP contribution in [0, 0.1) is 5.92 Å². The van der Waals surface area contributed by atoms with Gasteiger partial charge in [0.1, 0.15) is 6.04 Å². The van der Waals surface area contributed by atoms with Crippen molar-refractivity contribution in [1.82, 2.24) is 15.3 Å².